The van der Waals surface area contributed by atoms with Gasteiger partial charge < -0.3 is 14.6 Å². The van der Waals surface area contributed by atoms with Crippen LogP contribution in [0.1, 0.15) is 99.3 Å². The van der Waals surface area contributed by atoms with Gasteiger partial charge in [0.1, 0.15) is 0 Å². The van der Waals surface area contributed by atoms with Crippen molar-refractivity contribution in [2.45, 2.75) is 105 Å². The molecule has 0 aromatic heterocycles. The predicted molar refractivity (Wildman–Crippen MR) is 128 cm³/mol. The smallest absolute Gasteiger partial charge is 0.307 e. The number of esters is 2. The summed E-state index contributed by atoms with van der Waals surface area (Å²) < 4.78 is 11.1. The second-order valence-electron chi connectivity index (χ2n) is 11.7. The molecule has 1 N–H and O–H groups in total. The molecule has 1 rings (SSSR count). The lowest BCUT2D eigenvalue weighted by atomic mass is 9.83. The first-order valence-corrected chi connectivity index (χ1v) is 12.6. The van der Waals surface area contributed by atoms with Crippen LogP contribution in [0, 0.1) is 17.3 Å². The molecule has 1 saturated carbocycles. The van der Waals surface area contributed by atoms with Crippen molar-refractivity contribution >= 4 is 11.9 Å². The van der Waals surface area contributed by atoms with Crippen LogP contribution in [0.2, 0.25) is 0 Å². The number of carbonyl (C=O) groups is 2. The summed E-state index contributed by atoms with van der Waals surface area (Å²) >= 11 is 0. The molecule has 1 aliphatic rings. The van der Waals surface area contributed by atoms with Gasteiger partial charge in [0.2, 0.25) is 0 Å². The van der Waals surface area contributed by atoms with E-state index in [2.05, 4.69) is 46.4 Å². The number of ether oxygens (including phenoxy) is 2. The van der Waals surface area contributed by atoms with E-state index in [1.807, 2.05) is 0 Å². The van der Waals surface area contributed by atoms with Gasteiger partial charge in [-0.05, 0) is 89.5 Å². The number of hydrogen-bond donors (Lipinski definition) is 1. The highest BCUT2D eigenvalue weighted by Gasteiger charge is 2.25. The van der Waals surface area contributed by atoms with E-state index in [4.69, 9.17) is 14.6 Å². The normalized spacial score (nSPS) is 19.8. The van der Waals surface area contributed by atoms with Crippen molar-refractivity contribution in [3.8, 4) is 0 Å². The lowest BCUT2D eigenvalue weighted by molar-refractivity contribution is -0.148. The Balaban J connectivity index is 2.21. The van der Waals surface area contributed by atoms with Crippen molar-refractivity contribution < 1.29 is 24.2 Å². The number of aliphatic hydroxyl groups excluding tert-OH is 1. The van der Waals surface area contributed by atoms with E-state index < -0.39 is 0 Å². The molecule has 188 valence electrons. The Kier molecular flexibility index (Phi) is 12.8. The SMILES string of the molecule is CC(C)(C)CCC(=O)OCC1CCC(COC(=O)CCN(CCCCO)C(C)(C)C)CC1. The molecule has 0 bridgehead atoms. The third-order valence-corrected chi connectivity index (χ3v) is 6.38. The maximum Gasteiger partial charge on any atom is 0.307 e. The van der Waals surface area contributed by atoms with E-state index >= 15 is 0 Å². The van der Waals surface area contributed by atoms with Crippen molar-refractivity contribution in [1.29, 1.82) is 0 Å². The van der Waals surface area contributed by atoms with Crippen molar-refractivity contribution in [3.63, 3.8) is 0 Å². The molecule has 0 amide bonds. The highest BCUT2D eigenvalue weighted by molar-refractivity contribution is 5.69. The van der Waals surface area contributed by atoms with Crippen molar-refractivity contribution in [2.24, 2.45) is 17.3 Å². The fraction of sp³-hybridized carbons (Fsp3) is 0.923. The molecule has 6 nitrogen and oxygen atoms in total. The fourth-order valence-corrected chi connectivity index (χ4v) is 4.03. The summed E-state index contributed by atoms with van der Waals surface area (Å²) in [5.41, 5.74) is 0.143. The highest BCUT2D eigenvalue weighted by atomic mass is 16.5. The van der Waals surface area contributed by atoms with Gasteiger partial charge in [-0.25, -0.2) is 0 Å². The lowest BCUT2D eigenvalue weighted by Gasteiger charge is -2.35. The minimum Gasteiger partial charge on any atom is -0.465 e. The summed E-state index contributed by atoms with van der Waals surface area (Å²) in [5, 5.41) is 9.00. The highest BCUT2D eigenvalue weighted by Crippen LogP contribution is 2.29. The Bertz CT molecular complexity index is 541. The van der Waals surface area contributed by atoms with Gasteiger partial charge in [-0.15, -0.1) is 0 Å². The first-order chi connectivity index (χ1) is 14.9. The van der Waals surface area contributed by atoms with E-state index in [-0.39, 0.29) is 29.5 Å². The minimum absolute atomic E-state index is 0.00961. The molecule has 1 fully saturated rings. The zero-order valence-electron chi connectivity index (χ0n) is 21.6. The average molecular weight is 456 g/mol. The second kappa shape index (κ2) is 14.2. The molecule has 0 saturated heterocycles. The number of carbonyl (C=O) groups excluding carboxylic acids is 2. The Morgan fingerprint density at radius 1 is 0.812 bits per heavy atom. The predicted octanol–water partition coefficient (Wildman–Crippen LogP) is 4.97. The van der Waals surface area contributed by atoms with Crippen molar-refractivity contribution in [1.82, 2.24) is 4.90 Å². The van der Waals surface area contributed by atoms with Gasteiger partial charge >= 0.3 is 11.9 Å². The maximum absolute atomic E-state index is 12.3. The molecule has 1 aliphatic carbocycles. The van der Waals surface area contributed by atoms with Crippen LogP contribution in [0.25, 0.3) is 0 Å². The second-order valence-corrected chi connectivity index (χ2v) is 11.7. The van der Waals surface area contributed by atoms with Gasteiger partial charge in [0, 0.05) is 25.1 Å². The number of nitrogens with zero attached hydrogens (tertiary/aromatic N) is 1. The van der Waals surface area contributed by atoms with Gasteiger partial charge in [-0.3, -0.25) is 14.5 Å². The third kappa shape index (κ3) is 13.4. The molecule has 0 radical (unpaired) electrons. The largest absolute Gasteiger partial charge is 0.465 e. The average Bonchev–Trinajstić information content (AvgIpc) is 2.71. The lowest BCUT2D eigenvalue weighted by Crippen LogP contribution is -2.43. The zero-order valence-corrected chi connectivity index (χ0v) is 21.6. The molecule has 6 heteroatoms. The van der Waals surface area contributed by atoms with Crippen LogP contribution < -0.4 is 0 Å². The van der Waals surface area contributed by atoms with Gasteiger partial charge in [-0.1, -0.05) is 20.8 Å². The molecule has 0 heterocycles. The van der Waals surface area contributed by atoms with Crippen LogP contribution in [-0.2, 0) is 19.1 Å². The van der Waals surface area contributed by atoms with Crippen LogP contribution >= 0.6 is 0 Å². The summed E-state index contributed by atoms with van der Waals surface area (Å²) in [6.45, 7) is 15.6. The summed E-state index contributed by atoms with van der Waals surface area (Å²) in [6.07, 6.45) is 7.54. The van der Waals surface area contributed by atoms with Gasteiger partial charge in [-0.2, -0.15) is 0 Å². The zero-order chi connectivity index (χ0) is 24.2. The Hall–Kier alpha value is -1.14. The number of unbranched alkanes of at least 4 members (excludes halogenated alkanes) is 1. The monoisotopic (exact) mass is 455 g/mol. The van der Waals surface area contributed by atoms with Crippen LogP contribution in [0.15, 0.2) is 0 Å². The Morgan fingerprint density at radius 2 is 1.31 bits per heavy atom. The molecular formula is C26H49NO5. The quantitative estimate of drug-likeness (QED) is 0.312. The van der Waals surface area contributed by atoms with E-state index in [1.54, 1.807) is 0 Å². The number of aliphatic hydroxyl groups is 1. The van der Waals surface area contributed by atoms with E-state index in [0.29, 0.717) is 44.4 Å². The van der Waals surface area contributed by atoms with Crippen LogP contribution in [0.4, 0.5) is 0 Å². The Morgan fingerprint density at radius 3 is 1.75 bits per heavy atom. The maximum atomic E-state index is 12.3. The summed E-state index contributed by atoms with van der Waals surface area (Å²) in [5.74, 6) is 0.628. The van der Waals surface area contributed by atoms with Crippen LogP contribution in [0.5, 0.6) is 0 Å². The summed E-state index contributed by atoms with van der Waals surface area (Å²) in [4.78, 5) is 26.5. The van der Waals surface area contributed by atoms with E-state index in [1.165, 1.54) is 0 Å². The number of hydrogen-bond acceptors (Lipinski definition) is 6. The van der Waals surface area contributed by atoms with Crippen LogP contribution in [0.3, 0.4) is 0 Å². The molecule has 0 unspecified atom stereocenters. The van der Waals surface area contributed by atoms with Crippen molar-refractivity contribution in [2.75, 3.05) is 32.9 Å². The van der Waals surface area contributed by atoms with Gasteiger partial charge in [0.15, 0.2) is 0 Å². The van der Waals surface area contributed by atoms with E-state index in [0.717, 1.165) is 51.5 Å². The topological polar surface area (TPSA) is 76.1 Å². The molecule has 0 atom stereocenters. The van der Waals surface area contributed by atoms with Crippen LogP contribution in [-0.4, -0.2) is 60.4 Å². The number of rotatable bonds is 13. The standard InChI is InChI=1S/C26H49NO5/c1-25(2,3)15-13-23(29)31-19-21-9-11-22(12-10-21)20-32-24(30)14-17-27(26(4,5)6)16-7-8-18-28/h21-22,28H,7-20H2,1-6H3. The van der Waals surface area contributed by atoms with E-state index in [9.17, 15) is 9.59 Å². The molecule has 0 aliphatic heterocycles. The first kappa shape index (κ1) is 28.9. The first-order valence-electron chi connectivity index (χ1n) is 12.6. The summed E-state index contributed by atoms with van der Waals surface area (Å²) in [6, 6.07) is 0. The third-order valence-electron chi connectivity index (χ3n) is 6.38. The fourth-order valence-electron chi connectivity index (χ4n) is 4.03. The molecule has 0 spiro atoms. The molecule has 32 heavy (non-hydrogen) atoms. The summed E-state index contributed by atoms with van der Waals surface area (Å²) in [7, 11) is 0. The molecular weight excluding hydrogens is 406 g/mol. The van der Waals surface area contributed by atoms with Crippen molar-refractivity contribution in [3.05, 3.63) is 0 Å². The van der Waals surface area contributed by atoms with Gasteiger partial charge in [0.25, 0.3) is 0 Å². The molecule has 0 aromatic carbocycles. The Labute approximate surface area is 196 Å². The molecule has 0 aromatic rings. The minimum atomic E-state index is -0.128. The van der Waals surface area contributed by atoms with Gasteiger partial charge in [0.05, 0.1) is 19.6 Å².